The van der Waals surface area contributed by atoms with E-state index >= 15 is 0 Å². The summed E-state index contributed by atoms with van der Waals surface area (Å²) in [7, 11) is -3.75. The lowest BCUT2D eigenvalue weighted by Gasteiger charge is -2.13. The molecule has 0 atom stereocenters. The topological polar surface area (TPSA) is 69.4 Å². The first kappa shape index (κ1) is 16.5. The van der Waals surface area contributed by atoms with Gasteiger partial charge in [-0.3, -0.25) is 0 Å². The van der Waals surface area contributed by atoms with Crippen LogP contribution in [-0.2, 0) is 16.6 Å². The Morgan fingerprint density at radius 2 is 1.71 bits per heavy atom. The number of ether oxygens (including phenoxy) is 1. The van der Waals surface area contributed by atoms with Crippen LogP contribution in [0.1, 0.15) is 11.1 Å². The van der Waals surface area contributed by atoms with E-state index in [1.54, 1.807) is 0 Å². The van der Waals surface area contributed by atoms with Crippen LogP contribution in [0.4, 0.5) is 0 Å². The Bertz CT molecular complexity index is 753. The quantitative estimate of drug-likeness (QED) is 0.796. The van der Waals surface area contributed by atoms with Crippen LogP contribution in [0.2, 0.25) is 0 Å². The van der Waals surface area contributed by atoms with Crippen LogP contribution >= 0.6 is 31.9 Å². The van der Waals surface area contributed by atoms with Crippen molar-refractivity contribution in [3.63, 3.8) is 0 Å². The summed E-state index contributed by atoms with van der Waals surface area (Å²) in [4.78, 5) is 0.0180. The number of hydrogen-bond acceptors (Lipinski definition) is 3. The number of aryl methyl sites for hydroxylation is 1. The van der Waals surface area contributed by atoms with E-state index in [-0.39, 0.29) is 4.90 Å². The lowest BCUT2D eigenvalue weighted by atomic mass is 10.1. The summed E-state index contributed by atoms with van der Waals surface area (Å²) < 4.78 is 29.6. The first-order chi connectivity index (χ1) is 9.79. The fraction of sp³-hybridized carbons (Fsp3) is 0.143. The van der Waals surface area contributed by atoms with Crippen molar-refractivity contribution in [2.45, 2.75) is 18.4 Å². The van der Waals surface area contributed by atoms with E-state index in [1.807, 2.05) is 31.2 Å². The third-order valence-electron chi connectivity index (χ3n) is 2.93. The molecule has 21 heavy (non-hydrogen) atoms. The number of benzene rings is 2. The minimum absolute atomic E-state index is 0.0180. The third-order valence-corrected chi connectivity index (χ3v) is 5.00. The number of nitrogens with two attached hydrogens (primary N) is 1. The van der Waals surface area contributed by atoms with Crippen molar-refractivity contribution in [2.75, 3.05) is 0 Å². The Labute approximate surface area is 140 Å². The first-order valence-corrected chi connectivity index (χ1v) is 9.11. The highest BCUT2D eigenvalue weighted by Gasteiger charge is 2.15. The third kappa shape index (κ3) is 4.06. The highest BCUT2D eigenvalue weighted by atomic mass is 79.9. The Kier molecular flexibility index (Phi) is 5.08. The first-order valence-electron chi connectivity index (χ1n) is 5.98. The van der Waals surface area contributed by atoms with E-state index in [0.717, 1.165) is 11.1 Å². The lowest BCUT2D eigenvalue weighted by molar-refractivity contribution is 0.301. The van der Waals surface area contributed by atoms with Crippen LogP contribution in [0.5, 0.6) is 5.75 Å². The fourth-order valence-electron chi connectivity index (χ4n) is 1.76. The predicted octanol–water partition coefficient (Wildman–Crippen LogP) is 3.75. The minimum atomic E-state index is -3.75. The van der Waals surface area contributed by atoms with Gasteiger partial charge >= 0.3 is 0 Å². The molecule has 0 aromatic heterocycles. The predicted molar refractivity (Wildman–Crippen MR) is 88.7 cm³/mol. The summed E-state index contributed by atoms with van der Waals surface area (Å²) in [6.45, 7) is 2.39. The number of primary sulfonamides is 1. The van der Waals surface area contributed by atoms with Crippen molar-refractivity contribution in [3.8, 4) is 5.75 Å². The average Bonchev–Trinajstić information content (AvgIpc) is 2.38. The molecule has 0 saturated heterocycles. The second-order valence-corrected chi connectivity index (χ2v) is 7.75. The molecule has 0 radical (unpaired) electrons. The Morgan fingerprint density at radius 1 is 1.14 bits per heavy atom. The maximum absolute atomic E-state index is 11.4. The zero-order valence-corrected chi connectivity index (χ0v) is 15.1. The van der Waals surface area contributed by atoms with Gasteiger partial charge in [-0.1, -0.05) is 24.3 Å². The van der Waals surface area contributed by atoms with E-state index in [1.165, 1.54) is 12.1 Å². The second-order valence-electron chi connectivity index (χ2n) is 4.48. The molecule has 0 bridgehead atoms. The summed E-state index contributed by atoms with van der Waals surface area (Å²) in [5, 5.41) is 5.12. The van der Waals surface area contributed by atoms with Gasteiger partial charge in [0.2, 0.25) is 10.0 Å². The summed E-state index contributed by atoms with van der Waals surface area (Å²) >= 11 is 6.62. The van der Waals surface area contributed by atoms with Crippen molar-refractivity contribution in [1.29, 1.82) is 0 Å². The monoisotopic (exact) mass is 433 g/mol. The molecule has 0 heterocycles. The largest absolute Gasteiger partial charge is 0.487 e. The van der Waals surface area contributed by atoms with E-state index in [0.29, 0.717) is 21.3 Å². The second kappa shape index (κ2) is 6.48. The number of halogens is 2. The van der Waals surface area contributed by atoms with E-state index in [9.17, 15) is 8.42 Å². The molecule has 0 aliphatic carbocycles. The normalized spacial score (nSPS) is 11.4. The van der Waals surface area contributed by atoms with Crippen LogP contribution in [0.25, 0.3) is 0 Å². The Balaban J connectivity index is 2.28. The van der Waals surface area contributed by atoms with Gasteiger partial charge in [-0.2, -0.15) is 0 Å². The highest BCUT2D eigenvalue weighted by Crippen LogP contribution is 2.36. The van der Waals surface area contributed by atoms with Crippen molar-refractivity contribution in [2.24, 2.45) is 5.14 Å². The summed E-state index contributed by atoms with van der Waals surface area (Å²) in [6, 6.07) is 10.7. The molecule has 0 saturated carbocycles. The van der Waals surface area contributed by atoms with E-state index in [4.69, 9.17) is 9.88 Å². The lowest BCUT2D eigenvalue weighted by Crippen LogP contribution is -2.12. The van der Waals surface area contributed by atoms with Crippen LogP contribution in [0.15, 0.2) is 50.2 Å². The molecule has 0 aliphatic heterocycles. The highest BCUT2D eigenvalue weighted by molar-refractivity contribution is 9.11. The summed E-state index contributed by atoms with van der Waals surface area (Å²) in [5.41, 5.74) is 2.19. The maximum atomic E-state index is 11.4. The van der Waals surface area contributed by atoms with Gasteiger partial charge in [-0.25, -0.2) is 13.6 Å². The van der Waals surface area contributed by atoms with Crippen LogP contribution in [-0.4, -0.2) is 8.42 Å². The average molecular weight is 435 g/mol. The molecule has 4 nitrogen and oxygen atoms in total. The van der Waals surface area contributed by atoms with Gasteiger partial charge < -0.3 is 4.74 Å². The molecule has 0 aliphatic rings. The standard InChI is InChI=1S/C14H13Br2NO3S/c1-9-4-2-3-5-10(9)8-20-14-12(15)6-11(7-13(14)16)21(17,18)19/h2-7H,8H2,1H3,(H2,17,18,19). The van der Waals surface area contributed by atoms with E-state index in [2.05, 4.69) is 31.9 Å². The van der Waals surface area contributed by atoms with Crippen LogP contribution < -0.4 is 9.88 Å². The van der Waals surface area contributed by atoms with Gasteiger partial charge in [0.05, 0.1) is 13.8 Å². The summed E-state index contributed by atoms with van der Waals surface area (Å²) in [5.74, 6) is 0.533. The van der Waals surface area contributed by atoms with E-state index < -0.39 is 10.0 Å². The van der Waals surface area contributed by atoms with Gasteiger partial charge in [0.1, 0.15) is 12.4 Å². The van der Waals surface area contributed by atoms with Crippen molar-refractivity contribution < 1.29 is 13.2 Å². The van der Waals surface area contributed by atoms with Gasteiger partial charge in [0, 0.05) is 0 Å². The van der Waals surface area contributed by atoms with Gasteiger partial charge in [-0.15, -0.1) is 0 Å². The molecule has 2 N–H and O–H groups in total. The van der Waals surface area contributed by atoms with Crippen molar-refractivity contribution in [1.82, 2.24) is 0 Å². The van der Waals surface area contributed by atoms with Crippen molar-refractivity contribution in [3.05, 3.63) is 56.5 Å². The molecule has 112 valence electrons. The minimum Gasteiger partial charge on any atom is -0.487 e. The van der Waals surface area contributed by atoms with Gasteiger partial charge in [-0.05, 0) is 62.0 Å². The van der Waals surface area contributed by atoms with Crippen LogP contribution in [0.3, 0.4) is 0 Å². The smallest absolute Gasteiger partial charge is 0.238 e. The van der Waals surface area contributed by atoms with Gasteiger partial charge in [0.25, 0.3) is 0 Å². The molecule has 2 aromatic rings. The molecular weight excluding hydrogens is 422 g/mol. The zero-order chi connectivity index (χ0) is 15.6. The Hall–Kier alpha value is -0.890. The molecule has 0 amide bonds. The number of hydrogen-bond donors (Lipinski definition) is 1. The summed E-state index contributed by atoms with van der Waals surface area (Å²) in [6.07, 6.45) is 0. The molecule has 0 spiro atoms. The number of rotatable bonds is 4. The zero-order valence-electron chi connectivity index (χ0n) is 11.1. The van der Waals surface area contributed by atoms with Gasteiger partial charge in [0.15, 0.2) is 0 Å². The van der Waals surface area contributed by atoms with Crippen LogP contribution in [0, 0.1) is 6.92 Å². The Morgan fingerprint density at radius 3 is 2.24 bits per heavy atom. The molecule has 7 heteroatoms. The molecule has 0 fully saturated rings. The van der Waals surface area contributed by atoms with Crippen molar-refractivity contribution >= 4 is 41.9 Å². The molecule has 2 rings (SSSR count). The molecule has 0 unspecified atom stereocenters. The molecule has 2 aromatic carbocycles. The fourth-order valence-corrected chi connectivity index (χ4v) is 4.04. The maximum Gasteiger partial charge on any atom is 0.238 e. The molecular formula is C14H13Br2NO3S. The number of sulfonamides is 1. The SMILES string of the molecule is Cc1ccccc1COc1c(Br)cc(S(N)(=O)=O)cc1Br.